The van der Waals surface area contributed by atoms with Gasteiger partial charge in [0.25, 0.3) is 0 Å². The molecule has 4 aromatic carbocycles. The molecule has 214 valence electrons. The summed E-state index contributed by atoms with van der Waals surface area (Å²) in [5.74, 6) is 0.330. The van der Waals surface area contributed by atoms with Crippen LogP contribution in [-0.2, 0) is 11.8 Å². The van der Waals surface area contributed by atoms with Crippen molar-refractivity contribution in [2.45, 2.75) is 61.7 Å². The Labute approximate surface area is 264 Å². The van der Waals surface area contributed by atoms with Crippen LogP contribution in [0, 0.1) is 0 Å². The Morgan fingerprint density at radius 1 is 0.721 bits per heavy atom. The fourth-order valence-corrected chi connectivity index (χ4v) is 15.6. The molecule has 4 aromatic rings. The van der Waals surface area contributed by atoms with E-state index < -0.39 is 19.8 Å². The minimum absolute atomic E-state index is 0.0118. The molecule has 1 heteroatoms. The van der Waals surface area contributed by atoms with Gasteiger partial charge in [-0.15, -0.1) is 0 Å². The molecule has 8 rings (SSSR count). The molecule has 4 aliphatic rings. The summed E-state index contributed by atoms with van der Waals surface area (Å²) in [6.07, 6.45) is 12.6. The molecule has 2 heterocycles. The van der Waals surface area contributed by atoms with Gasteiger partial charge in [-0.3, -0.25) is 0 Å². The van der Waals surface area contributed by atoms with Crippen LogP contribution in [0.4, 0.5) is 0 Å². The van der Waals surface area contributed by atoms with Gasteiger partial charge in [-0.25, -0.2) is 0 Å². The normalized spacial score (nSPS) is 20.7. The molecule has 0 bridgehead atoms. The molecule has 0 saturated heterocycles. The molecule has 1 unspecified atom stereocenters. The van der Waals surface area contributed by atoms with Crippen molar-refractivity contribution in [3.8, 4) is 22.3 Å². The second-order valence-corrected chi connectivity index (χ2v) is 18.8. The monoisotopic (exact) mass is 670 g/mol. The molecule has 0 N–H and O–H groups in total. The summed E-state index contributed by atoms with van der Waals surface area (Å²) in [5.41, 5.74) is 17.1. The maximum atomic E-state index is 4.80. The number of allylic oxidation sites excluding steroid dienone is 5. The second-order valence-electron chi connectivity index (χ2n) is 13.1. The zero-order chi connectivity index (χ0) is 29.5. The Hall–Kier alpha value is -3.43. The third kappa shape index (κ3) is 3.73. The van der Waals surface area contributed by atoms with Gasteiger partial charge in [0.1, 0.15) is 0 Å². The van der Waals surface area contributed by atoms with Crippen LogP contribution in [0.2, 0.25) is 0 Å². The Bertz CT molecular complexity index is 1920. The topological polar surface area (TPSA) is 0 Å². The van der Waals surface area contributed by atoms with Crippen molar-refractivity contribution in [1.82, 2.24) is 0 Å². The Morgan fingerprint density at radius 2 is 1.49 bits per heavy atom. The van der Waals surface area contributed by atoms with Gasteiger partial charge in [-0.1, -0.05) is 12.1 Å². The molecule has 43 heavy (non-hydrogen) atoms. The van der Waals surface area contributed by atoms with Crippen molar-refractivity contribution in [1.29, 1.82) is 0 Å². The van der Waals surface area contributed by atoms with E-state index in [0.29, 0.717) is 5.92 Å². The van der Waals surface area contributed by atoms with Gasteiger partial charge < -0.3 is 0 Å². The average molecular weight is 671 g/mol. The maximum absolute atomic E-state index is 4.80. The summed E-state index contributed by atoms with van der Waals surface area (Å²) < 4.78 is 4.40. The third-order valence-corrected chi connectivity index (χ3v) is 18.5. The molecule has 0 nitrogen and oxygen atoms in total. The predicted molar refractivity (Wildman–Crippen MR) is 194 cm³/mol. The number of rotatable bonds is 3. The predicted octanol–water partition coefficient (Wildman–Crippen LogP) is 11.9. The van der Waals surface area contributed by atoms with E-state index in [0.717, 1.165) is 19.3 Å². The van der Waals surface area contributed by atoms with Gasteiger partial charge in [0.05, 0.1) is 0 Å². The van der Waals surface area contributed by atoms with Gasteiger partial charge in [0, 0.05) is 0 Å². The van der Waals surface area contributed by atoms with Gasteiger partial charge in [-0.2, -0.15) is 0 Å². The van der Waals surface area contributed by atoms with E-state index >= 15 is 0 Å². The SMILES string of the molecule is C=C1c2ccc(C3Cc4cc5c(cc4-c4ccccc43)-c3ccccc3C5(C)C)cc2C2=CC=CC=CI2C1(CC)CC. The zero-order valence-electron chi connectivity index (χ0n) is 25.7. The van der Waals surface area contributed by atoms with Gasteiger partial charge in [0.15, 0.2) is 0 Å². The van der Waals surface area contributed by atoms with Crippen molar-refractivity contribution in [3.63, 3.8) is 0 Å². The first-order valence-electron chi connectivity index (χ1n) is 15.8. The summed E-state index contributed by atoms with van der Waals surface area (Å²) in [4.78, 5) is 0. The molecule has 0 amide bonds. The third-order valence-electron chi connectivity index (χ3n) is 10.8. The number of fused-ring (bicyclic) bond motifs is 9. The molecule has 0 saturated carbocycles. The van der Waals surface area contributed by atoms with Crippen LogP contribution < -0.4 is 0 Å². The first kappa shape index (κ1) is 27.1. The van der Waals surface area contributed by atoms with Crippen LogP contribution in [-0.4, -0.2) is 3.42 Å². The van der Waals surface area contributed by atoms with E-state index in [9.17, 15) is 0 Å². The molecule has 2 aliphatic carbocycles. The Morgan fingerprint density at radius 3 is 2.30 bits per heavy atom. The van der Waals surface area contributed by atoms with Crippen molar-refractivity contribution in [2.24, 2.45) is 0 Å². The summed E-state index contributed by atoms with van der Waals surface area (Å²) in [7, 11) is 0. The van der Waals surface area contributed by atoms with Crippen LogP contribution in [0.3, 0.4) is 0 Å². The Balaban J connectivity index is 1.28. The second kappa shape index (κ2) is 9.79. The number of alkyl halides is 1. The number of halogens is 1. The molecule has 0 fully saturated rings. The van der Waals surface area contributed by atoms with Crippen molar-refractivity contribution < 1.29 is 0 Å². The number of hydrogen-bond donors (Lipinski definition) is 0. The van der Waals surface area contributed by atoms with Crippen molar-refractivity contribution in [2.75, 3.05) is 0 Å². The van der Waals surface area contributed by atoms with Crippen molar-refractivity contribution in [3.05, 3.63) is 153 Å². The molecule has 1 atom stereocenters. The first-order valence-corrected chi connectivity index (χ1v) is 19.2. The number of benzene rings is 4. The summed E-state index contributed by atoms with van der Waals surface area (Å²) in [5, 5.41) is 0. The van der Waals surface area contributed by atoms with Gasteiger partial charge >= 0.3 is 254 Å². The number of hydrogen-bond acceptors (Lipinski definition) is 0. The molecule has 0 radical (unpaired) electrons. The van der Waals surface area contributed by atoms with Crippen LogP contribution in [0.5, 0.6) is 0 Å². The fraction of sp³-hybridized carbons (Fsp3) is 0.238. The minimum atomic E-state index is -1.67. The van der Waals surface area contributed by atoms with Crippen LogP contribution in [0.1, 0.15) is 85.4 Å². The van der Waals surface area contributed by atoms with E-state index in [1.54, 1.807) is 3.58 Å². The molecular formula is C42H39I. The Kier molecular flexibility index (Phi) is 6.18. The quantitative estimate of drug-likeness (QED) is 0.150. The van der Waals surface area contributed by atoms with E-state index in [1.165, 1.54) is 66.8 Å². The van der Waals surface area contributed by atoms with Gasteiger partial charge in [-0.05, 0) is 0 Å². The van der Waals surface area contributed by atoms with E-state index in [4.69, 9.17) is 6.58 Å². The average Bonchev–Trinajstić information content (AvgIpc) is 3.18. The summed E-state index contributed by atoms with van der Waals surface area (Å²) in [6.45, 7) is 14.3. The molecule has 2 aliphatic heterocycles. The van der Waals surface area contributed by atoms with Crippen LogP contribution in [0.15, 0.2) is 114 Å². The fourth-order valence-electron chi connectivity index (χ4n) is 8.42. The van der Waals surface area contributed by atoms with Crippen LogP contribution in [0.25, 0.3) is 31.4 Å². The van der Waals surface area contributed by atoms with E-state index in [1.807, 2.05) is 0 Å². The van der Waals surface area contributed by atoms with Crippen LogP contribution >= 0.6 is 19.8 Å². The molecule has 0 spiro atoms. The standard InChI is InChI=1S/C42H39I/c1-6-42(7-2)27(3)30-21-20-28(23-37(30)40-19-9-8-14-22-43(40)42)34-24-29-25-39-36(26-35(29)32-16-11-10-15-31(32)34)33-17-12-13-18-38(33)41(39,4)5/h8-23,25-26,34H,3,6-7,24H2,1-2,4-5H3. The van der Waals surface area contributed by atoms with E-state index in [-0.39, 0.29) is 8.84 Å². The molecular weight excluding hydrogens is 631 g/mol. The van der Waals surface area contributed by atoms with E-state index in [2.05, 4.69) is 135 Å². The van der Waals surface area contributed by atoms with Gasteiger partial charge in [0.2, 0.25) is 0 Å². The molecule has 0 aromatic heterocycles. The summed E-state index contributed by atoms with van der Waals surface area (Å²) >= 11 is -1.67. The zero-order valence-corrected chi connectivity index (χ0v) is 27.8. The van der Waals surface area contributed by atoms with Crippen molar-refractivity contribution >= 4 is 29.0 Å². The first-order chi connectivity index (χ1) is 20.9. The summed E-state index contributed by atoms with van der Waals surface area (Å²) in [6, 6.07) is 30.6.